The maximum absolute atomic E-state index is 13.4. The zero-order valence-corrected chi connectivity index (χ0v) is 8.03. The van der Waals surface area contributed by atoms with Crippen molar-refractivity contribution < 1.29 is 4.39 Å². The molecule has 3 nitrogen and oxygen atoms in total. The lowest BCUT2D eigenvalue weighted by molar-refractivity contribution is 0.607. The van der Waals surface area contributed by atoms with Crippen molar-refractivity contribution in [3.05, 3.63) is 41.7 Å². The molecule has 0 saturated heterocycles. The molecule has 0 spiro atoms. The molecule has 4 heteroatoms. The van der Waals surface area contributed by atoms with Crippen molar-refractivity contribution in [2.45, 2.75) is 13.8 Å². The number of aromatic nitrogens is 3. The molecule has 2 aromatic rings. The van der Waals surface area contributed by atoms with Gasteiger partial charge in [0.1, 0.15) is 23.2 Å². The van der Waals surface area contributed by atoms with Crippen LogP contribution in [0.5, 0.6) is 0 Å². The van der Waals surface area contributed by atoms with Crippen molar-refractivity contribution >= 4 is 0 Å². The van der Waals surface area contributed by atoms with Gasteiger partial charge in [0.25, 0.3) is 0 Å². The summed E-state index contributed by atoms with van der Waals surface area (Å²) in [6.07, 6.45) is 0. The fourth-order valence-corrected chi connectivity index (χ4v) is 1.37. The third kappa shape index (κ3) is 1.39. The van der Waals surface area contributed by atoms with E-state index in [0.29, 0.717) is 17.3 Å². The van der Waals surface area contributed by atoms with E-state index in [-0.39, 0.29) is 5.82 Å². The van der Waals surface area contributed by atoms with Crippen LogP contribution in [0.15, 0.2) is 24.3 Å². The first-order valence-corrected chi connectivity index (χ1v) is 4.33. The Bertz CT molecular complexity index is 462. The van der Waals surface area contributed by atoms with Crippen LogP contribution in [0.3, 0.4) is 0 Å². The molecule has 0 aliphatic carbocycles. The molecule has 0 N–H and O–H groups in total. The third-order valence-electron chi connectivity index (χ3n) is 1.96. The summed E-state index contributed by atoms with van der Waals surface area (Å²) in [7, 11) is 0. The van der Waals surface area contributed by atoms with E-state index in [1.165, 1.54) is 10.7 Å². The number of para-hydroxylation sites is 1. The third-order valence-corrected chi connectivity index (χ3v) is 1.96. The second-order valence-corrected chi connectivity index (χ2v) is 3.07. The van der Waals surface area contributed by atoms with Gasteiger partial charge in [0.15, 0.2) is 0 Å². The molecular weight excluding hydrogens is 181 g/mol. The van der Waals surface area contributed by atoms with Crippen molar-refractivity contribution in [1.29, 1.82) is 0 Å². The first-order chi connectivity index (χ1) is 6.68. The van der Waals surface area contributed by atoms with E-state index in [9.17, 15) is 4.39 Å². The minimum absolute atomic E-state index is 0.291. The van der Waals surface area contributed by atoms with Crippen molar-refractivity contribution in [1.82, 2.24) is 14.8 Å². The Kier molecular flexibility index (Phi) is 2.04. The largest absolute Gasteiger partial charge is 0.217 e. The number of nitrogens with zero attached hydrogens (tertiary/aromatic N) is 3. The molecule has 0 unspecified atom stereocenters. The first-order valence-electron chi connectivity index (χ1n) is 4.33. The minimum Gasteiger partial charge on any atom is -0.217 e. The zero-order chi connectivity index (χ0) is 10.1. The Hall–Kier alpha value is -1.71. The van der Waals surface area contributed by atoms with Crippen LogP contribution in [0.1, 0.15) is 11.6 Å². The molecule has 0 saturated carbocycles. The predicted molar refractivity (Wildman–Crippen MR) is 50.8 cm³/mol. The van der Waals surface area contributed by atoms with Crippen LogP contribution in [0.2, 0.25) is 0 Å². The number of benzene rings is 1. The van der Waals surface area contributed by atoms with Gasteiger partial charge in [-0.1, -0.05) is 12.1 Å². The Morgan fingerprint density at radius 3 is 2.50 bits per heavy atom. The summed E-state index contributed by atoms with van der Waals surface area (Å²) < 4.78 is 14.9. The van der Waals surface area contributed by atoms with Crippen molar-refractivity contribution in [2.75, 3.05) is 0 Å². The smallest absolute Gasteiger partial charge is 0.148 e. The quantitative estimate of drug-likeness (QED) is 0.690. The van der Waals surface area contributed by atoms with E-state index in [2.05, 4.69) is 10.1 Å². The van der Waals surface area contributed by atoms with Gasteiger partial charge in [-0.3, -0.25) is 0 Å². The number of aryl methyl sites for hydroxylation is 2. The molecule has 0 bridgehead atoms. The topological polar surface area (TPSA) is 30.7 Å². The summed E-state index contributed by atoms with van der Waals surface area (Å²) in [6.45, 7) is 3.58. The highest BCUT2D eigenvalue weighted by Gasteiger charge is 2.08. The molecule has 0 aliphatic rings. The van der Waals surface area contributed by atoms with E-state index in [0.717, 1.165) is 0 Å². The summed E-state index contributed by atoms with van der Waals surface area (Å²) in [4.78, 5) is 4.11. The van der Waals surface area contributed by atoms with Crippen LogP contribution < -0.4 is 0 Å². The van der Waals surface area contributed by atoms with Gasteiger partial charge in [0.05, 0.1) is 0 Å². The molecule has 0 aliphatic heterocycles. The lowest BCUT2D eigenvalue weighted by Crippen LogP contribution is -2.01. The molecule has 0 atom stereocenters. The first kappa shape index (κ1) is 8.87. The second kappa shape index (κ2) is 3.21. The summed E-state index contributed by atoms with van der Waals surface area (Å²) in [5, 5.41) is 4.11. The molecule has 0 radical (unpaired) electrons. The number of hydrogen-bond acceptors (Lipinski definition) is 2. The molecule has 1 aromatic heterocycles. The summed E-state index contributed by atoms with van der Waals surface area (Å²) >= 11 is 0. The van der Waals surface area contributed by atoms with E-state index in [1.54, 1.807) is 32.0 Å². The van der Waals surface area contributed by atoms with E-state index in [1.807, 2.05) is 0 Å². The summed E-state index contributed by atoms with van der Waals surface area (Å²) in [6, 6.07) is 6.51. The monoisotopic (exact) mass is 191 g/mol. The average Bonchev–Trinajstić information content (AvgIpc) is 2.46. The van der Waals surface area contributed by atoms with E-state index in [4.69, 9.17) is 0 Å². The van der Waals surface area contributed by atoms with Crippen molar-refractivity contribution in [3.8, 4) is 5.69 Å². The van der Waals surface area contributed by atoms with Gasteiger partial charge in [-0.15, -0.1) is 0 Å². The molecule has 1 aromatic carbocycles. The molecule has 1 heterocycles. The van der Waals surface area contributed by atoms with Crippen LogP contribution in [0.25, 0.3) is 5.69 Å². The Balaban J connectivity index is 2.60. The molecule has 72 valence electrons. The Morgan fingerprint density at radius 1 is 1.21 bits per heavy atom. The van der Waals surface area contributed by atoms with E-state index >= 15 is 0 Å². The lowest BCUT2D eigenvalue weighted by atomic mass is 10.3. The second-order valence-electron chi connectivity index (χ2n) is 3.07. The normalized spacial score (nSPS) is 10.5. The van der Waals surface area contributed by atoms with Gasteiger partial charge < -0.3 is 0 Å². The van der Waals surface area contributed by atoms with Crippen LogP contribution in [-0.4, -0.2) is 14.8 Å². The number of rotatable bonds is 1. The van der Waals surface area contributed by atoms with Gasteiger partial charge in [0, 0.05) is 0 Å². The maximum atomic E-state index is 13.4. The zero-order valence-electron chi connectivity index (χ0n) is 8.03. The highest BCUT2D eigenvalue weighted by molar-refractivity contribution is 5.32. The lowest BCUT2D eigenvalue weighted by Gasteiger charge is -2.02. The highest BCUT2D eigenvalue weighted by Crippen LogP contribution is 2.13. The van der Waals surface area contributed by atoms with Crippen LogP contribution in [-0.2, 0) is 0 Å². The van der Waals surface area contributed by atoms with Crippen molar-refractivity contribution in [3.63, 3.8) is 0 Å². The fraction of sp³-hybridized carbons (Fsp3) is 0.200. The number of halogens is 1. The maximum Gasteiger partial charge on any atom is 0.148 e. The molecule has 14 heavy (non-hydrogen) atoms. The molecule has 0 amide bonds. The Morgan fingerprint density at radius 2 is 1.93 bits per heavy atom. The fourth-order valence-electron chi connectivity index (χ4n) is 1.37. The molecule has 0 fully saturated rings. The highest BCUT2D eigenvalue weighted by atomic mass is 19.1. The summed E-state index contributed by atoms with van der Waals surface area (Å²) in [5.41, 5.74) is 0.436. The summed E-state index contributed by atoms with van der Waals surface area (Å²) in [5.74, 6) is 1.04. The van der Waals surface area contributed by atoms with Gasteiger partial charge >= 0.3 is 0 Å². The van der Waals surface area contributed by atoms with Crippen LogP contribution in [0, 0.1) is 19.7 Å². The van der Waals surface area contributed by atoms with Gasteiger partial charge in [-0.25, -0.2) is 14.1 Å². The molecular formula is C10H10FN3. The SMILES string of the molecule is Cc1nc(C)n(-c2ccccc2F)n1. The minimum atomic E-state index is -0.291. The number of hydrogen-bond donors (Lipinski definition) is 0. The van der Waals surface area contributed by atoms with Crippen LogP contribution in [0.4, 0.5) is 4.39 Å². The van der Waals surface area contributed by atoms with Gasteiger partial charge in [-0.05, 0) is 26.0 Å². The van der Waals surface area contributed by atoms with Gasteiger partial charge in [-0.2, -0.15) is 5.10 Å². The van der Waals surface area contributed by atoms with E-state index < -0.39 is 0 Å². The van der Waals surface area contributed by atoms with Crippen molar-refractivity contribution in [2.24, 2.45) is 0 Å². The molecule has 2 rings (SSSR count). The van der Waals surface area contributed by atoms with Gasteiger partial charge in [0.2, 0.25) is 0 Å². The predicted octanol–water partition coefficient (Wildman–Crippen LogP) is 2.02. The van der Waals surface area contributed by atoms with Crippen LogP contribution >= 0.6 is 0 Å². The average molecular weight is 191 g/mol. The Labute approximate surface area is 81.2 Å². The standard InChI is InChI=1S/C10H10FN3/c1-7-12-8(2)14(13-7)10-6-4-3-5-9(10)11/h3-6H,1-2H3.